The average Bonchev–Trinajstić information content (AvgIpc) is 3.59. The zero-order valence-electron chi connectivity index (χ0n) is 37.4. The minimum Gasteiger partial charge on any atom is -0.294 e. The Morgan fingerprint density at radius 2 is 1.03 bits per heavy atom. The summed E-state index contributed by atoms with van der Waals surface area (Å²) in [6.45, 7) is 20.5. The van der Waals surface area contributed by atoms with E-state index >= 15 is 0 Å². The van der Waals surface area contributed by atoms with Crippen LogP contribution in [0.1, 0.15) is 79.0 Å². The zero-order valence-corrected chi connectivity index (χ0v) is 38.3. The van der Waals surface area contributed by atoms with Gasteiger partial charge < -0.3 is 0 Å². The van der Waals surface area contributed by atoms with Gasteiger partial charge in [0.05, 0.1) is 16.9 Å². The van der Waals surface area contributed by atoms with Crippen molar-refractivity contribution in [3.63, 3.8) is 0 Å². The molecular formula is C58H55N3S. The van der Waals surface area contributed by atoms with Crippen LogP contribution in [-0.4, -0.2) is 14.5 Å². The summed E-state index contributed by atoms with van der Waals surface area (Å²) < 4.78 is 2.36. The molecule has 0 unspecified atom stereocenters. The maximum absolute atomic E-state index is 5.64. The van der Waals surface area contributed by atoms with Crippen LogP contribution in [0.15, 0.2) is 169 Å². The Balaban J connectivity index is 1.27. The van der Waals surface area contributed by atoms with Crippen LogP contribution < -0.4 is 0 Å². The average molecular weight is 826 g/mol. The Morgan fingerprint density at radius 1 is 0.435 bits per heavy atom. The van der Waals surface area contributed by atoms with Gasteiger partial charge >= 0.3 is 0 Å². The molecule has 0 atom stereocenters. The molecule has 0 bridgehead atoms. The summed E-state index contributed by atoms with van der Waals surface area (Å²) >= 11 is 5.25. The molecule has 3 heterocycles. The number of aromatic nitrogens is 3. The largest absolute Gasteiger partial charge is 0.294 e. The molecule has 0 fully saturated rings. The lowest BCUT2D eigenvalue weighted by Crippen LogP contribution is -2.17. The first-order chi connectivity index (χ1) is 29.5. The summed E-state index contributed by atoms with van der Waals surface area (Å²) in [6.07, 6.45) is 1.93. The van der Waals surface area contributed by atoms with Crippen LogP contribution >= 0.6 is 12.6 Å². The first-order valence-electron chi connectivity index (χ1n) is 21.7. The van der Waals surface area contributed by atoms with Crippen LogP contribution in [0.5, 0.6) is 0 Å². The first-order valence-corrected chi connectivity index (χ1v) is 22.1. The van der Waals surface area contributed by atoms with Crippen LogP contribution in [-0.2, 0) is 16.2 Å². The lowest BCUT2D eigenvalue weighted by Gasteiger charge is -2.28. The van der Waals surface area contributed by atoms with E-state index in [1.165, 1.54) is 33.2 Å². The molecule has 9 aromatic rings. The number of benzene rings is 6. The second kappa shape index (κ2) is 15.6. The minimum absolute atomic E-state index is 0.0212. The van der Waals surface area contributed by atoms with Gasteiger partial charge in [-0.25, -0.2) is 4.98 Å². The topological polar surface area (TPSA) is 30.7 Å². The molecule has 0 saturated carbocycles. The molecule has 3 nitrogen and oxygen atoms in total. The van der Waals surface area contributed by atoms with Crippen molar-refractivity contribution in [1.82, 2.24) is 14.5 Å². The van der Waals surface area contributed by atoms with Gasteiger partial charge in [0.2, 0.25) is 0 Å². The highest BCUT2D eigenvalue weighted by molar-refractivity contribution is 7.80. The normalized spacial score (nSPS) is 12.4. The van der Waals surface area contributed by atoms with Crippen molar-refractivity contribution in [2.45, 2.75) is 83.5 Å². The van der Waals surface area contributed by atoms with E-state index in [4.69, 9.17) is 22.6 Å². The van der Waals surface area contributed by atoms with Gasteiger partial charge in [-0.2, -0.15) is 0 Å². The molecule has 308 valence electrons. The third-order valence-corrected chi connectivity index (χ3v) is 12.7. The van der Waals surface area contributed by atoms with Gasteiger partial charge in [-0.3, -0.25) is 9.55 Å². The Morgan fingerprint density at radius 3 is 1.66 bits per heavy atom. The summed E-state index contributed by atoms with van der Waals surface area (Å²) in [5.74, 6) is 0. The van der Waals surface area contributed by atoms with Crippen molar-refractivity contribution >= 4 is 34.6 Å². The van der Waals surface area contributed by atoms with Crippen LogP contribution in [0.2, 0.25) is 0 Å². The predicted octanol–water partition coefficient (Wildman–Crippen LogP) is 16.1. The fourth-order valence-electron chi connectivity index (χ4n) is 8.54. The minimum atomic E-state index is -0.0965. The monoisotopic (exact) mass is 825 g/mol. The SMILES string of the molecule is CC(C)(C)c1cc(-c2ccc3c4cc(C(C)(C)C)ccc4n(-c4cc(-c5ccccc5)cc(-c5cc(-c6ccc(-c7ccccc7)cc6)ccn5)c4)c3n2)c(S)c(C(C)(C)C)c1. The van der Waals surface area contributed by atoms with Crippen molar-refractivity contribution < 1.29 is 0 Å². The van der Waals surface area contributed by atoms with Gasteiger partial charge in [0.15, 0.2) is 0 Å². The summed E-state index contributed by atoms with van der Waals surface area (Å²) in [5, 5.41) is 2.30. The van der Waals surface area contributed by atoms with E-state index < -0.39 is 0 Å². The number of rotatable bonds is 6. The standard InChI is InChI=1S/C58H55N3S/c1-56(2,3)44-24-27-53-48(34-44)47-25-26-51(49-35-45(57(4,5)6)36-50(54(49)62)58(7,8)9)60-55(47)61(53)46-31-42(38-18-14-11-15-19-38)30-43(32-46)52-33-41(28-29-59-52)40-22-20-39(21-23-40)37-16-12-10-13-17-37/h10-36,62H,1-9H3. The highest BCUT2D eigenvalue weighted by atomic mass is 32.1. The van der Waals surface area contributed by atoms with Gasteiger partial charge in [-0.05, 0) is 127 Å². The number of thiol groups is 1. The van der Waals surface area contributed by atoms with Gasteiger partial charge in [-0.1, -0.05) is 159 Å². The summed E-state index contributed by atoms with van der Waals surface area (Å²) in [5.41, 5.74) is 17.5. The van der Waals surface area contributed by atoms with Gasteiger partial charge in [0.25, 0.3) is 0 Å². The van der Waals surface area contributed by atoms with E-state index in [2.05, 4.69) is 225 Å². The maximum atomic E-state index is 5.64. The number of pyridine rings is 2. The Kier molecular flexibility index (Phi) is 10.3. The second-order valence-corrected chi connectivity index (χ2v) is 20.3. The second-order valence-electron chi connectivity index (χ2n) is 19.8. The zero-order chi connectivity index (χ0) is 43.6. The lowest BCUT2D eigenvalue weighted by atomic mass is 9.79. The van der Waals surface area contributed by atoms with Crippen LogP contribution in [0.25, 0.3) is 83.5 Å². The third-order valence-electron chi connectivity index (χ3n) is 12.2. The van der Waals surface area contributed by atoms with Gasteiger partial charge in [-0.15, -0.1) is 12.6 Å². The smallest absolute Gasteiger partial charge is 0.146 e. The first kappa shape index (κ1) is 41.1. The Labute approximate surface area is 373 Å². The number of hydrogen-bond donors (Lipinski definition) is 1. The van der Waals surface area contributed by atoms with Crippen LogP contribution in [0, 0.1) is 0 Å². The quantitative estimate of drug-likeness (QED) is 0.169. The molecule has 0 radical (unpaired) electrons. The molecular weight excluding hydrogens is 771 g/mol. The molecule has 0 amide bonds. The molecule has 6 aromatic carbocycles. The summed E-state index contributed by atoms with van der Waals surface area (Å²) in [7, 11) is 0. The Hall–Kier alpha value is -6.23. The van der Waals surface area contributed by atoms with Crippen molar-refractivity contribution in [1.29, 1.82) is 0 Å². The third kappa shape index (κ3) is 7.89. The van der Waals surface area contributed by atoms with E-state index in [1.54, 1.807) is 0 Å². The van der Waals surface area contributed by atoms with E-state index in [0.29, 0.717) is 0 Å². The molecule has 0 N–H and O–H groups in total. The molecule has 0 aliphatic heterocycles. The lowest BCUT2D eigenvalue weighted by molar-refractivity contribution is 0.560. The summed E-state index contributed by atoms with van der Waals surface area (Å²) in [4.78, 5) is 11.6. The highest BCUT2D eigenvalue weighted by Gasteiger charge is 2.26. The van der Waals surface area contributed by atoms with E-state index in [-0.39, 0.29) is 16.2 Å². The van der Waals surface area contributed by atoms with Crippen LogP contribution in [0.4, 0.5) is 0 Å². The molecule has 0 aliphatic carbocycles. The number of hydrogen-bond acceptors (Lipinski definition) is 3. The van der Waals surface area contributed by atoms with Gasteiger partial charge in [0.1, 0.15) is 5.65 Å². The molecule has 0 spiro atoms. The van der Waals surface area contributed by atoms with E-state index in [9.17, 15) is 0 Å². The fraction of sp³-hybridized carbons (Fsp3) is 0.207. The summed E-state index contributed by atoms with van der Waals surface area (Å²) in [6, 6.07) is 57.2. The molecule has 3 aromatic heterocycles. The van der Waals surface area contributed by atoms with E-state index in [0.717, 1.165) is 71.9 Å². The molecule has 9 rings (SSSR count). The molecule has 62 heavy (non-hydrogen) atoms. The van der Waals surface area contributed by atoms with Gasteiger partial charge in [0, 0.05) is 38.7 Å². The van der Waals surface area contributed by atoms with Crippen molar-refractivity contribution in [2.24, 2.45) is 0 Å². The molecule has 0 aliphatic rings. The maximum Gasteiger partial charge on any atom is 0.146 e. The molecule has 0 saturated heterocycles. The van der Waals surface area contributed by atoms with Crippen molar-refractivity contribution in [3.8, 4) is 61.6 Å². The van der Waals surface area contributed by atoms with Crippen molar-refractivity contribution in [2.75, 3.05) is 0 Å². The Bertz CT molecular complexity index is 3100. The fourth-order valence-corrected chi connectivity index (χ4v) is 9.12. The number of fused-ring (bicyclic) bond motifs is 3. The highest BCUT2D eigenvalue weighted by Crippen LogP contribution is 2.42. The van der Waals surface area contributed by atoms with Crippen LogP contribution in [0.3, 0.4) is 0 Å². The van der Waals surface area contributed by atoms with E-state index in [1.807, 2.05) is 6.20 Å². The molecule has 4 heteroatoms. The van der Waals surface area contributed by atoms with Crippen molar-refractivity contribution in [3.05, 3.63) is 181 Å². The number of nitrogens with zero attached hydrogens (tertiary/aromatic N) is 3. The predicted molar refractivity (Wildman–Crippen MR) is 267 cm³/mol.